The first-order valence-electron chi connectivity index (χ1n) is 6.35. The lowest BCUT2D eigenvalue weighted by atomic mass is 10.2. The maximum atomic E-state index is 12.5. The van der Waals surface area contributed by atoms with Crippen molar-refractivity contribution in [3.8, 4) is 11.5 Å². The minimum atomic E-state index is -4.49. The highest BCUT2D eigenvalue weighted by molar-refractivity contribution is 5.82. The van der Waals surface area contributed by atoms with Crippen molar-refractivity contribution in [3.05, 3.63) is 24.3 Å². The number of ether oxygens (including phenoxy) is 2. The van der Waals surface area contributed by atoms with Crippen molar-refractivity contribution >= 4 is 5.91 Å². The topological polar surface area (TPSA) is 64.8 Å². The van der Waals surface area contributed by atoms with Gasteiger partial charge in [0.2, 0.25) is 6.10 Å². The molecule has 21 heavy (non-hydrogen) atoms. The van der Waals surface area contributed by atoms with E-state index in [1.807, 2.05) is 0 Å². The van der Waals surface area contributed by atoms with Crippen molar-refractivity contribution in [2.24, 2.45) is 5.73 Å². The second-order valence-corrected chi connectivity index (χ2v) is 4.53. The molecule has 1 aliphatic rings. The van der Waals surface area contributed by atoms with E-state index in [0.29, 0.717) is 16.4 Å². The van der Waals surface area contributed by atoms with Crippen LogP contribution in [0.4, 0.5) is 13.2 Å². The van der Waals surface area contributed by atoms with Gasteiger partial charge in [-0.05, 0) is 12.1 Å². The summed E-state index contributed by atoms with van der Waals surface area (Å²) in [7, 11) is 0. The van der Waals surface area contributed by atoms with E-state index in [0.717, 1.165) is 0 Å². The fourth-order valence-corrected chi connectivity index (χ4v) is 1.98. The summed E-state index contributed by atoms with van der Waals surface area (Å²) in [5.74, 6) is 0.0110. The first-order valence-corrected chi connectivity index (χ1v) is 6.35. The number of halogens is 3. The molecular weight excluding hydrogens is 289 g/mol. The molecule has 0 spiro atoms. The number of alkyl halides is 3. The second kappa shape index (κ2) is 6.21. The molecule has 1 aliphatic heterocycles. The van der Waals surface area contributed by atoms with Crippen molar-refractivity contribution < 1.29 is 27.4 Å². The normalized spacial score (nSPS) is 17.4. The quantitative estimate of drug-likeness (QED) is 0.907. The first-order chi connectivity index (χ1) is 9.90. The molecule has 0 fully saturated rings. The summed E-state index contributed by atoms with van der Waals surface area (Å²) in [6.45, 7) is -1.74. The Morgan fingerprint density at radius 2 is 2.00 bits per heavy atom. The van der Waals surface area contributed by atoms with E-state index in [1.54, 1.807) is 24.3 Å². The van der Waals surface area contributed by atoms with Crippen molar-refractivity contribution in [2.75, 3.05) is 26.2 Å². The standard InChI is InChI=1S/C13H15F3N2O3/c14-13(15,16)8-18(6-5-17)12(19)11-7-20-9-3-1-2-4-10(9)21-11/h1-4,11H,5-8,17H2. The summed E-state index contributed by atoms with van der Waals surface area (Å²) in [6, 6.07) is 6.66. The molecule has 1 amide bonds. The summed E-state index contributed by atoms with van der Waals surface area (Å²) < 4.78 is 48.2. The number of benzene rings is 1. The molecule has 2 N–H and O–H groups in total. The molecular formula is C13H15F3N2O3. The van der Waals surface area contributed by atoms with Crippen molar-refractivity contribution in [3.63, 3.8) is 0 Å². The Morgan fingerprint density at radius 3 is 2.62 bits per heavy atom. The Kier molecular flexibility index (Phi) is 4.56. The van der Waals surface area contributed by atoms with E-state index >= 15 is 0 Å². The van der Waals surface area contributed by atoms with Gasteiger partial charge in [-0.1, -0.05) is 12.1 Å². The average molecular weight is 304 g/mol. The highest BCUT2D eigenvalue weighted by Crippen LogP contribution is 2.31. The Balaban J connectivity index is 2.08. The smallest absolute Gasteiger partial charge is 0.406 e. The van der Waals surface area contributed by atoms with Gasteiger partial charge in [0.15, 0.2) is 11.5 Å². The predicted molar refractivity (Wildman–Crippen MR) is 68.0 cm³/mol. The number of hydrogen-bond donors (Lipinski definition) is 1. The van der Waals surface area contributed by atoms with Crippen molar-refractivity contribution in [2.45, 2.75) is 12.3 Å². The van der Waals surface area contributed by atoms with Gasteiger partial charge in [-0.3, -0.25) is 4.79 Å². The lowest BCUT2D eigenvalue weighted by Gasteiger charge is -2.31. The molecule has 1 heterocycles. The molecule has 0 bridgehead atoms. The molecule has 0 aromatic heterocycles. The van der Waals surface area contributed by atoms with Gasteiger partial charge in [0.05, 0.1) is 0 Å². The van der Waals surface area contributed by atoms with Gasteiger partial charge in [-0.15, -0.1) is 0 Å². The monoisotopic (exact) mass is 304 g/mol. The van der Waals surface area contributed by atoms with E-state index in [9.17, 15) is 18.0 Å². The molecule has 8 heteroatoms. The molecule has 1 unspecified atom stereocenters. The van der Waals surface area contributed by atoms with E-state index in [4.69, 9.17) is 15.2 Å². The first kappa shape index (κ1) is 15.4. The number of nitrogens with zero attached hydrogens (tertiary/aromatic N) is 1. The van der Waals surface area contributed by atoms with Crippen LogP contribution in [-0.4, -0.2) is 49.3 Å². The van der Waals surface area contributed by atoms with E-state index < -0.39 is 24.7 Å². The minimum absolute atomic E-state index is 0.0635. The van der Waals surface area contributed by atoms with Gasteiger partial charge < -0.3 is 20.1 Å². The molecule has 116 valence electrons. The molecule has 0 aliphatic carbocycles. The third-order valence-electron chi connectivity index (χ3n) is 2.86. The van der Waals surface area contributed by atoms with Crippen LogP contribution in [0.1, 0.15) is 0 Å². The molecule has 2 rings (SSSR count). The van der Waals surface area contributed by atoms with Crippen LogP contribution in [0.3, 0.4) is 0 Å². The third-order valence-corrected chi connectivity index (χ3v) is 2.86. The number of hydrogen-bond acceptors (Lipinski definition) is 4. The van der Waals surface area contributed by atoms with Crippen LogP contribution in [0.2, 0.25) is 0 Å². The molecule has 0 saturated heterocycles. The Bertz CT molecular complexity index is 508. The zero-order chi connectivity index (χ0) is 15.5. The fraction of sp³-hybridized carbons (Fsp3) is 0.462. The molecule has 5 nitrogen and oxygen atoms in total. The maximum Gasteiger partial charge on any atom is 0.406 e. The Hall–Kier alpha value is -1.96. The maximum absolute atomic E-state index is 12.5. The van der Waals surface area contributed by atoms with Crippen LogP contribution < -0.4 is 15.2 Å². The highest BCUT2D eigenvalue weighted by atomic mass is 19.4. The van der Waals surface area contributed by atoms with Gasteiger partial charge in [0.1, 0.15) is 13.2 Å². The van der Waals surface area contributed by atoms with Gasteiger partial charge in [0.25, 0.3) is 5.91 Å². The number of carbonyl (C=O) groups excluding carboxylic acids is 1. The molecule has 0 radical (unpaired) electrons. The summed E-state index contributed by atoms with van der Waals surface area (Å²) >= 11 is 0. The summed E-state index contributed by atoms with van der Waals surface area (Å²) in [4.78, 5) is 12.8. The van der Waals surface area contributed by atoms with Crippen LogP contribution in [0, 0.1) is 0 Å². The minimum Gasteiger partial charge on any atom is -0.485 e. The van der Waals surface area contributed by atoms with E-state index in [-0.39, 0.29) is 19.7 Å². The molecule has 1 atom stereocenters. The number of nitrogens with two attached hydrogens (primary N) is 1. The van der Waals surface area contributed by atoms with Gasteiger partial charge in [-0.25, -0.2) is 0 Å². The number of amides is 1. The molecule has 1 aromatic rings. The largest absolute Gasteiger partial charge is 0.485 e. The van der Waals surface area contributed by atoms with Crippen LogP contribution in [0.25, 0.3) is 0 Å². The van der Waals surface area contributed by atoms with E-state index in [1.165, 1.54) is 0 Å². The van der Waals surface area contributed by atoms with Crippen molar-refractivity contribution in [1.29, 1.82) is 0 Å². The van der Waals surface area contributed by atoms with E-state index in [2.05, 4.69) is 0 Å². The third kappa shape index (κ3) is 4.01. The Labute approximate surface area is 119 Å². The number of carbonyl (C=O) groups is 1. The number of fused-ring (bicyclic) bond motifs is 1. The lowest BCUT2D eigenvalue weighted by molar-refractivity contribution is -0.166. The van der Waals surface area contributed by atoms with Crippen LogP contribution in [-0.2, 0) is 4.79 Å². The van der Waals surface area contributed by atoms with Crippen LogP contribution >= 0.6 is 0 Å². The lowest BCUT2D eigenvalue weighted by Crippen LogP contribution is -2.50. The zero-order valence-electron chi connectivity index (χ0n) is 11.1. The van der Waals surface area contributed by atoms with Gasteiger partial charge in [-0.2, -0.15) is 13.2 Å². The van der Waals surface area contributed by atoms with Gasteiger partial charge >= 0.3 is 6.18 Å². The fourth-order valence-electron chi connectivity index (χ4n) is 1.98. The summed E-state index contributed by atoms with van der Waals surface area (Å²) in [5.41, 5.74) is 5.26. The predicted octanol–water partition coefficient (Wildman–Crippen LogP) is 1.18. The second-order valence-electron chi connectivity index (χ2n) is 4.53. The van der Waals surface area contributed by atoms with Crippen LogP contribution in [0.5, 0.6) is 11.5 Å². The number of rotatable bonds is 4. The SMILES string of the molecule is NCCN(CC(F)(F)F)C(=O)C1COc2ccccc2O1. The number of para-hydroxylation sites is 2. The average Bonchev–Trinajstić information content (AvgIpc) is 2.44. The molecule has 0 saturated carbocycles. The van der Waals surface area contributed by atoms with Gasteiger partial charge in [0, 0.05) is 13.1 Å². The highest BCUT2D eigenvalue weighted by Gasteiger charge is 2.37. The summed E-state index contributed by atoms with van der Waals surface area (Å²) in [6.07, 6.45) is -5.59. The molecule has 1 aromatic carbocycles. The zero-order valence-corrected chi connectivity index (χ0v) is 11.1. The summed E-state index contributed by atoms with van der Waals surface area (Å²) in [5, 5.41) is 0. The Morgan fingerprint density at radius 1 is 1.33 bits per heavy atom. The van der Waals surface area contributed by atoms with Crippen LogP contribution in [0.15, 0.2) is 24.3 Å². The van der Waals surface area contributed by atoms with Crippen molar-refractivity contribution in [1.82, 2.24) is 4.90 Å².